The fourth-order valence-electron chi connectivity index (χ4n) is 2.06. The number of rotatable bonds is 8. The number of hydrogen-bond donors (Lipinski definition) is 1. The number of ketones is 1. The van der Waals surface area contributed by atoms with E-state index in [2.05, 4.69) is 0 Å². The number of carboxylic acids is 1. The molecule has 0 amide bonds. The second-order valence-electron chi connectivity index (χ2n) is 5.02. The Kier molecular flexibility index (Phi) is 6.65. The molecule has 1 N–H and O–H groups in total. The minimum Gasteiger partial charge on any atom is -0.493 e. The fraction of sp³-hybridized carbons (Fsp3) is 0.158. The summed E-state index contributed by atoms with van der Waals surface area (Å²) in [6.45, 7) is -0.477. The second-order valence-corrected chi connectivity index (χ2v) is 5.90. The molecule has 6 heteroatoms. The van der Waals surface area contributed by atoms with Gasteiger partial charge in [-0.3, -0.25) is 4.79 Å². The first-order valence-electron chi connectivity index (χ1n) is 7.42. The van der Waals surface area contributed by atoms with Crippen LogP contribution in [-0.2, 0) is 4.79 Å². The van der Waals surface area contributed by atoms with Gasteiger partial charge in [0.25, 0.3) is 0 Å². The lowest BCUT2D eigenvalue weighted by Crippen LogP contribution is -2.10. The van der Waals surface area contributed by atoms with Crippen LogP contribution in [0.2, 0.25) is 0 Å². The molecule has 0 atom stereocenters. The molecule has 2 rings (SSSR count). The topological polar surface area (TPSA) is 72.8 Å². The van der Waals surface area contributed by atoms with Crippen LogP contribution in [0.5, 0.6) is 11.5 Å². The molecule has 0 radical (unpaired) electrons. The minimum atomic E-state index is -1.09. The standard InChI is InChI=1S/C19H18O5S/c1-23-18-11-14(6-10-17(18)24-12-19(21)22)16(20)9-5-13-3-7-15(25-2)8-4-13/h3-11H,12H2,1-2H3,(H,21,22)/b9-5+. The summed E-state index contributed by atoms with van der Waals surface area (Å²) in [4.78, 5) is 24.0. The minimum absolute atomic E-state index is 0.183. The number of aliphatic carboxylic acids is 1. The van der Waals surface area contributed by atoms with Crippen molar-refractivity contribution in [3.05, 3.63) is 59.7 Å². The molecule has 0 spiro atoms. The van der Waals surface area contributed by atoms with Gasteiger partial charge in [0, 0.05) is 10.5 Å². The van der Waals surface area contributed by atoms with E-state index >= 15 is 0 Å². The Hall–Kier alpha value is -2.73. The maximum Gasteiger partial charge on any atom is 0.341 e. The molecular formula is C19H18O5S. The summed E-state index contributed by atoms with van der Waals surface area (Å²) < 4.78 is 10.3. The molecule has 0 aliphatic carbocycles. The number of benzene rings is 2. The summed E-state index contributed by atoms with van der Waals surface area (Å²) in [5.41, 5.74) is 1.36. The summed E-state index contributed by atoms with van der Waals surface area (Å²) in [5, 5.41) is 8.66. The van der Waals surface area contributed by atoms with Gasteiger partial charge in [-0.2, -0.15) is 0 Å². The highest BCUT2D eigenvalue weighted by Crippen LogP contribution is 2.28. The first-order valence-corrected chi connectivity index (χ1v) is 8.65. The Bertz CT molecular complexity index is 781. The smallest absolute Gasteiger partial charge is 0.341 e. The zero-order valence-electron chi connectivity index (χ0n) is 13.9. The van der Waals surface area contributed by atoms with Gasteiger partial charge in [-0.25, -0.2) is 4.79 Å². The van der Waals surface area contributed by atoms with Crippen LogP contribution in [0.15, 0.2) is 53.4 Å². The van der Waals surface area contributed by atoms with Gasteiger partial charge < -0.3 is 14.6 Å². The molecule has 5 nitrogen and oxygen atoms in total. The molecule has 0 aliphatic rings. The van der Waals surface area contributed by atoms with Crippen LogP contribution in [0.4, 0.5) is 0 Å². The van der Waals surface area contributed by atoms with Crippen molar-refractivity contribution in [2.75, 3.05) is 20.0 Å². The zero-order valence-corrected chi connectivity index (χ0v) is 14.7. The number of ether oxygens (including phenoxy) is 2. The van der Waals surface area contributed by atoms with Crippen molar-refractivity contribution in [1.82, 2.24) is 0 Å². The number of carbonyl (C=O) groups excluding carboxylic acids is 1. The molecule has 0 bridgehead atoms. The first-order chi connectivity index (χ1) is 12.0. The molecule has 0 aliphatic heterocycles. The van der Waals surface area contributed by atoms with Gasteiger partial charge in [-0.05, 0) is 48.2 Å². The molecule has 130 valence electrons. The van der Waals surface area contributed by atoms with Gasteiger partial charge >= 0.3 is 5.97 Å². The molecule has 0 heterocycles. The van der Waals surface area contributed by atoms with Crippen molar-refractivity contribution in [1.29, 1.82) is 0 Å². The molecule has 0 saturated heterocycles. The van der Waals surface area contributed by atoms with Crippen molar-refractivity contribution in [2.45, 2.75) is 4.90 Å². The van der Waals surface area contributed by atoms with E-state index < -0.39 is 12.6 Å². The van der Waals surface area contributed by atoms with Gasteiger partial charge in [0.15, 0.2) is 23.9 Å². The van der Waals surface area contributed by atoms with E-state index in [-0.39, 0.29) is 11.5 Å². The van der Waals surface area contributed by atoms with Crippen LogP contribution in [0.25, 0.3) is 6.08 Å². The highest BCUT2D eigenvalue weighted by atomic mass is 32.2. The number of allylic oxidation sites excluding steroid dienone is 1. The molecule has 0 aromatic heterocycles. The van der Waals surface area contributed by atoms with Gasteiger partial charge in [0.1, 0.15) is 0 Å². The second kappa shape index (κ2) is 8.94. The average Bonchev–Trinajstić information content (AvgIpc) is 2.64. The lowest BCUT2D eigenvalue weighted by molar-refractivity contribution is -0.139. The van der Waals surface area contributed by atoms with Crippen LogP contribution in [0.1, 0.15) is 15.9 Å². The van der Waals surface area contributed by atoms with Crippen molar-refractivity contribution in [3.8, 4) is 11.5 Å². The fourth-order valence-corrected chi connectivity index (χ4v) is 2.47. The van der Waals surface area contributed by atoms with E-state index in [1.165, 1.54) is 25.3 Å². The third kappa shape index (κ3) is 5.39. The highest BCUT2D eigenvalue weighted by Gasteiger charge is 2.10. The maximum absolute atomic E-state index is 12.3. The molecule has 2 aromatic rings. The maximum atomic E-state index is 12.3. The van der Waals surface area contributed by atoms with Crippen LogP contribution in [0.3, 0.4) is 0 Å². The zero-order chi connectivity index (χ0) is 18.2. The number of hydrogen-bond acceptors (Lipinski definition) is 5. The van der Waals surface area contributed by atoms with Crippen molar-refractivity contribution in [3.63, 3.8) is 0 Å². The monoisotopic (exact) mass is 358 g/mol. The van der Waals surface area contributed by atoms with E-state index in [4.69, 9.17) is 14.6 Å². The lowest BCUT2D eigenvalue weighted by atomic mass is 10.1. The van der Waals surface area contributed by atoms with Crippen molar-refractivity contribution < 1.29 is 24.2 Å². The summed E-state index contributed by atoms with van der Waals surface area (Å²) >= 11 is 1.66. The number of carbonyl (C=O) groups is 2. The summed E-state index contributed by atoms with van der Waals surface area (Å²) in [5.74, 6) is -0.683. The lowest BCUT2D eigenvalue weighted by Gasteiger charge is -2.09. The third-order valence-corrected chi connectivity index (χ3v) is 4.09. The molecule has 0 fully saturated rings. The highest BCUT2D eigenvalue weighted by molar-refractivity contribution is 7.98. The summed E-state index contributed by atoms with van der Waals surface area (Å²) in [6, 6.07) is 12.5. The van der Waals surface area contributed by atoms with E-state index in [9.17, 15) is 9.59 Å². The molecule has 0 unspecified atom stereocenters. The Morgan fingerprint density at radius 2 is 1.84 bits per heavy atom. The molecule has 2 aromatic carbocycles. The van der Waals surface area contributed by atoms with Gasteiger partial charge in [0.2, 0.25) is 0 Å². The largest absolute Gasteiger partial charge is 0.493 e. The molecule has 25 heavy (non-hydrogen) atoms. The van der Waals surface area contributed by atoms with Crippen molar-refractivity contribution >= 4 is 29.6 Å². The Labute approximate surface area is 150 Å². The first kappa shape index (κ1) is 18.6. The van der Waals surface area contributed by atoms with Gasteiger partial charge in [-0.15, -0.1) is 11.8 Å². The van der Waals surface area contributed by atoms with E-state index in [1.54, 1.807) is 23.9 Å². The van der Waals surface area contributed by atoms with Crippen LogP contribution < -0.4 is 9.47 Å². The SMILES string of the molecule is COc1cc(C(=O)/C=C/c2ccc(SC)cc2)ccc1OCC(=O)O. The number of carboxylic acid groups (broad SMARTS) is 1. The predicted molar refractivity (Wildman–Crippen MR) is 97.7 cm³/mol. The van der Waals surface area contributed by atoms with Crippen LogP contribution in [0, 0.1) is 0 Å². The quantitative estimate of drug-likeness (QED) is 0.440. The van der Waals surface area contributed by atoms with E-state index in [0.29, 0.717) is 11.3 Å². The Balaban J connectivity index is 2.12. The Morgan fingerprint density at radius 1 is 1.12 bits per heavy atom. The Morgan fingerprint density at radius 3 is 2.44 bits per heavy atom. The average molecular weight is 358 g/mol. The van der Waals surface area contributed by atoms with Crippen LogP contribution in [-0.4, -0.2) is 36.8 Å². The van der Waals surface area contributed by atoms with Crippen LogP contribution >= 0.6 is 11.8 Å². The van der Waals surface area contributed by atoms with E-state index in [0.717, 1.165) is 10.5 Å². The number of methoxy groups -OCH3 is 1. The summed E-state index contributed by atoms with van der Waals surface area (Å²) in [7, 11) is 1.43. The summed E-state index contributed by atoms with van der Waals surface area (Å²) in [6.07, 6.45) is 5.24. The third-order valence-electron chi connectivity index (χ3n) is 3.34. The van der Waals surface area contributed by atoms with Gasteiger partial charge in [0.05, 0.1) is 7.11 Å². The molecular weight excluding hydrogens is 340 g/mol. The van der Waals surface area contributed by atoms with Gasteiger partial charge in [-0.1, -0.05) is 18.2 Å². The number of thioether (sulfide) groups is 1. The van der Waals surface area contributed by atoms with E-state index in [1.807, 2.05) is 30.5 Å². The predicted octanol–water partition coefficient (Wildman–Crippen LogP) is 3.78. The normalized spacial score (nSPS) is 10.6. The molecule has 0 saturated carbocycles. The van der Waals surface area contributed by atoms with Crippen molar-refractivity contribution in [2.24, 2.45) is 0 Å².